The average Bonchev–Trinajstić information content (AvgIpc) is 2.70. The van der Waals surface area contributed by atoms with E-state index in [1.54, 1.807) is 48.7 Å². The lowest BCUT2D eigenvalue weighted by Gasteiger charge is -2.13. The Morgan fingerprint density at radius 2 is 1.62 bits per heavy atom. The average molecular weight is 451 g/mol. The van der Waals surface area contributed by atoms with Crippen LogP contribution in [0.15, 0.2) is 57.2 Å². The molecule has 0 atom stereocenters. The number of carbonyl (C=O) groups excluding carboxylic acids is 1. The molecule has 10 heteroatoms. The molecule has 0 unspecified atom stereocenters. The molecule has 0 aliphatic rings. The highest BCUT2D eigenvalue weighted by Crippen LogP contribution is 2.22. The number of aromatic nitrogens is 3. The molecule has 7 nitrogen and oxygen atoms in total. The Morgan fingerprint density at radius 1 is 1.00 bits per heavy atom. The predicted molar refractivity (Wildman–Crippen MR) is 114 cm³/mol. The van der Waals surface area contributed by atoms with Crippen molar-refractivity contribution >= 4 is 40.9 Å². The van der Waals surface area contributed by atoms with Gasteiger partial charge in [0.2, 0.25) is 5.91 Å². The van der Waals surface area contributed by atoms with Gasteiger partial charge in [0.15, 0.2) is 5.16 Å². The topological polar surface area (TPSA) is 100.0 Å². The van der Waals surface area contributed by atoms with Crippen LogP contribution in [0.4, 0.5) is 0 Å². The van der Waals surface area contributed by atoms with Crippen LogP contribution in [-0.2, 0) is 13.1 Å². The van der Waals surface area contributed by atoms with Crippen molar-refractivity contribution in [2.45, 2.75) is 18.2 Å². The minimum Gasteiger partial charge on any atom is -0.366 e. The van der Waals surface area contributed by atoms with Crippen molar-refractivity contribution in [2.75, 3.05) is 6.26 Å². The molecule has 0 aliphatic carbocycles. The van der Waals surface area contributed by atoms with Gasteiger partial charge in [0.1, 0.15) is 0 Å². The summed E-state index contributed by atoms with van der Waals surface area (Å²) in [5, 5.41) is 1.01. The third-order valence-electron chi connectivity index (χ3n) is 4.20. The summed E-state index contributed by atoms with van der Waals surface area (Å²) >= 11 is 13.1. The molecule has 1 aromatic heterocycles. The largest absolute Gasteiger partial charge is 0.366 e. The van der Waals surface area contributed by atoms with Crippen LogP contribution in [0.2, 0.25) is 10.0 Å². The molecule has 0 saturated carbocycles. The Kier molecular flexibility index (Phi) is 6.46. The summed E-state index contributed by atoms with van der Waals surface area (Å²) in [6.07, 6.45) is 1.73. The quantitative estimate of drug-likeness (QED) is 0.581. The summed E-state index contributed by atoms with van der Waals surface area (Å²) in [6.45, 7) is 0.194. The highest BCUT2D eigenvalue weighted by Gasteiger charge is 2.14. The molecule has 2 aromatic carbocycles. The van der Waals surface area contributed by atoms with E-state index in [4.69, 9.17) is 28.9 Å². The minimum absolute atomic E-state index is 0.0107. The Labute approximate surface area is 180 Å². The second-order valence-electron chi connectivity index (χ2n) is 6.15. The number of carbonyl (C=O) groups is 1. The maximum Gasteiger partial charge on any atom is 0.354 e. The fourth-order valence-corrected chi connectivity index (χ4v) is 3.57. The highest BCUT2D eigenvalue weighted by atomic mass is 35.5. The van der Waals surface area contributed by atoms with Gasteiger partial charge in [-0.3, -0.25) is 9.36 Å². The van der Waals surface area contributed by atoms with Gasteiger partial charge in [0.05, 0.1) is 23.1 Å². The van der Waals surface area contributed by atoms with Crippen LogP contribution in [0.3, 0.4) is 0 Å². The van der Waals surface area contributed by atoms with Crippen molar-refractivity contribution in [1.82, 2.24) is 14.1 Å². The fraction of sp³-hybridized carbons (Fsp3) is 0.158. The van der Waals surface area contributed by atoms with E-state index < -0.39 is 17.3 Å². The maximum absolute atomic E-state index is 13.0. The number of rotatable bonds is 6. The van der Waals surface area contributed by atoms with Crippen LogP contribution < -0.4 is 17.1 Å². The van der Waals surface area contributed by atoms with Gasteiger partial charge < -0.3 is 5.73 Å². The SMILES string of the molecule is CSc1nc(=O)n(Cc2ccc(Cl)c(Cl)c2)c(=O)n1Cc1ccc(C(N)=O)cc1. The maximum atomic E-state index is 13.0. The van der Waals surface area contributed by atoms with E-state index in [9.17, 15) is 14.4 Å². The minimum atomic E-state index is -0.647. The molecule has 29 heavy (non-hydrogen) atoms. The summed E-state index contributed by atoms with van der Waals surface area (Å²) in [4.78, 5) is 40.7. The van der Waals surface area contributed by atoms with Crippen molar-refractivity contribution in [2.24, 2.45) is 5.73 Å². The molecule has 3 rings (SSSR count). The number of nitrogens with two attached hydrogens (primary N) is 1. The zero-order chi connectivity index (χ0) is 21.1. The molecule has 0 saturated heterocycles. The lowest BCUT2D eigenvalue weighted by Crippen LogP contribution is -2.42. The first-order chi connectivity index (χ1) is 13.8. The van der Waals surface area contributed by atoms with Gasteiger partial charge in [-0.15, -0.1) is 0 Å². The van der Waals surface area contributed by atoms with Crippen molar-refractivity contribution in [3.63, 3.8) is 0 Å². The van der Waals surface area contributed by atoms with Crippen molar-refractivity contribution in [3.05, 3.63) is 90.2 Å². The van der Waals surface area contributed by atoms with E-state index in [0.717, 1.165) is 10.1 Å². The number of hydrogen-bond donors (Lipinski definition) is 1. The third-order valence-corrected chi connectivity index (χ3v) is 5.62. The number of hydrogen-bond acceptors (Lipinski definition) is 5. The Morgan fingerprint density at radius 3 is 2.21 bits per heavy atom. The van der Waals surface area contributed by atoms with E-state index in [2.05, 4.69) is 4.98 Å². The van der Waals surface area contributed by atoms with Gasteiger partial charge in [-0.25, -0.2) is 14.2 Å². The van der Waals surface area contributed by atoms with Crippen molar-refractivity contribution < 1.29 is 4.79 Å². The first-order valence-electron chi connectivity index (χ1n) is 8.38. The normalized spacial score (nSPS) is 10.9. The monoisotopic (exact) mass is 450 g/mol. The number of primary amides is 1. The summed E-state index contributed by atoms with van der Waals surface area (Å²) < 4.78 is 2.44. The molecule has 0 radical (unpaired) electrons. The number of benzene rings is 2. The zero-order valence-electron chi connectivity index (χ0n) is 15.3. The fourth-order valence-electron chi connectivity index (χ4n) is 2.72. The highest BCUT2D eigenvalue weighted by molar-refractivity contribution is 7.98. The predicted octanol–water partition coefficient (Wildman–Crippen LogP) is 2.63. The molecule has 0 bridgehead atoms. The molecule has 1 heterocycles. The lowest BCUT2D eigenvalue weighted by atomic mass is 10.1. The second-order valence-corrected chi connectivity index (χ2v) is 7.73. The van der Waals surface area contributed by atoms with E-state index in [1.807, 2.05) is 0 Å². The second kappa shape index (κ2) is 8.86. The van der Waals surface area contributed by atoms with Crippen LogP contribution in [-0.4, -0.2) is 26.3 Å². The number of amides is 1. The van der Waals surface area contributed by atoms with Gasteiger partial charge in [0.25, 0.3) is 0 Å². The summed E-state index contributed by atoms with van der Waals surface area (Å²) in [5.74, 6) is -0.532. The van der Waals surface area contributed by atoms with Gasteiger partial charge >= 0.3 is 11.4 Å². The van der Waals surface area contributed by atoms with Crippen LogP contribution in [0, 0.1) is 0 Å². The Balaban J connectivity index is 2.01. The molecular weight excluding hydrogens is 435 g/mol. The van der Waals surface area contributed by atoms with Gasteiger partial charge in [-0.1, -0.05) is 53.2 Å². The van der Waals surface area contributed by atoms with Gasteiger partial charge in [-0.05, 0) is 41.6 Å². The number of nitrogens with zero attached hydrogens (tertiary/aromatic N) is 3. The first kappa shape index (κ1) is 21.2. The van der Waals surface area contributed by atoms with Gasteiger partial charge in [-0.2, -0.15) is 4.98 Å². The van der Waals surface area contributed by atoms with Gasteiger partial charge in [0, 0.05) is 5.56 Å². The van der Waals surface area contributed by atoms with Crippen molar-refractivity contribution in [1.29, 1.82) is 0 Å². The molecular formula is C19H16Cl2N4O3S. The van der Waals surface area contributed by atoms with E-state index in [-0.39, 0.29) is 13.1 Å². The lowest BCUT2D eigenvalue weighted by molar-refractivity contribution is 0.100. The summed E-state index contributed by atoms with van der Waals surface area (Å²) in [7, 11) is 0. The Hall–Kier alpha value is -2.55. The smallest absolute Gasteiger partial charge is 0.354 e. The summed E-state index contributed by atoms with van der Waals surface area (Å²) in [5.41, 5.74) is 5.88. The third kappa shape index (κ3) is 4.72. The van der Waals surface area contributed by atoms with E-state index in [1.165, 1.54) is 16.3 Å². The zero-order valence-corrected chi connectivity index (χ0v) is 17.6. The number of thioether (sulfide) groups is 1. The summed E-state index contributed by atoms with van der Waals surface area (Å²) in [6, 6.07) is 11.5. The molecule has 1 amide bonds. The van der Waals surface area contributed by atoms with Crippen molar-refractivity contribution in [3.8, 4) is 0 Å². The van der Waals surface area contributed by atoms with Crippen LogP contribution in [0.1, 0.15) is 21.5 Å². The molecule has 150 valence electrons. The van der Waals surface area contributed by atoms with Crippen LogP contribution >= 0.6 is 35.0 Å². The van der Waals surface area contributed by atoms with Crippen LogP contribution in [0.25, 0.3) is 0 Å². The first-order valence-corrected chi connectivity index (χ1v) is 10.4. The van der Waals surface area contributed by atoms with Crippen LogP contribution in [0.5, 0.6) is 0 Å². The van der Waals surface area contributed by atoms with E-state index >= 15 is 0 Å². The van der Waals surface area contributed by atoms with E-state index in [0.29, 0.717) is 26.3 Å². The molecule has 0 fully saturated rings. The molecule has 3 aromatic rings. The Bertz CT molecular complexity index is 1190. The molecule has 2 N–H and O–H groups in total. The number of halogens is 2. The molecule has 0 aliphatic heterocycles. The molecule has 0 spiro atoms. The standard InChI is InChI=1S/C19H16Cl2N4O3S/c1-29-18-23-17(27)24(10-12-4-7-14(20)15(21)8-12)19(28)25(18)9-11-2-5-13(6-3-11)16(22)26/h2-8H,9-10H2,1H3,(H2,22,26).